The van der Waals surface area contributed by atoms with Gasteiger partial charge in [-0.15, -0.1) is 0 Å². The van der Waals surface area contributed by atoms with Crippen LogP contribution in [0, 0.1) is 5.92 Å². The van der Waals surface area contributed by atoms with Gasteiger partial charge < -0.3 is 15.8 Å². The van der Waals surface area contributed by atoms with E-state index < -0.39 is 6.10 Å². The van der Waals surface area contributed by atoms with Crippen LogP contribution < -0.4 is 5.73 Å². The van der Waals surface area contributed by atoms with Crippen LogP contribution in [0.2, 0.25) is 0 Å². The second-order valence-electron chi connectivity index (χ2n) is 5.74. The minimum absolute atomic E-state index is 0.276. The summed E-state index contributed by atoms with van der Waals surface area (Å²) >= 11 is 0. The van der Waals surface area contributed by atoms with Gasteiger partial charge in [0, 0.05) is 11.7 Å². The minimum Gasteiger partial charge on any atom is -0.391 e. The van der Waals surface area contributed by atoms with Crippen LogP contribution in [-0.4, -0.2) is 16.2 Å². The molecule has 0 unspecified atom stereocenters. The molecule has 2 atom stereocenters. The monoisotopic (exact) mass is 258 g/mol. The summed E-state index contributed by atoms with van der Waals surface area (Å²) in [5.41, 5.74) is 8.42. The normalized spacial score (nSPS) is 20.5. The van der Waals surface area contributed by atoms with E-state index >= 15 is 0 Å². The Labute approximate surface area is 113 Å². The van der Waals surface area contributed by atoms with Crippen LogP contribution in [0.4, 0.5) is 0 Å². The van der Waals surface area contributed by atoms with Crippen LogP contribution in [0.1, 0.15) is 43.7 Å². The van der Waals surface area contributed by atoms with E-state index in [1.807, 2.05) is 24.4 Å². The fraction of sp³-hybridized carbons (Fsp3) is 0.500. The Bertz CT molecular complexity index is 542. The largest absolute Gasteiger partial charge is 0.391 e. The molecule has 0 aliphatic heterocycles. The Kier molecular flexibility index (Phi) is 3.58. The van der Waals surface area contributed by atoms with Gasteiger partial charge in [-0.1, -0.05) is 25.3 Å². The fourth-order valence-electron chi connectivity index (χ4n) is 3.25. The second kappa shape index (κ2) is 5.35. The van der Waals surface area contributed by atoms with Gasteiger partial charge in [0.15, 0.2) is 0 Å². The molecule has 3 nitrogen and oxygen atoms in total. The Balaban J connectivity index is 1.79. The molecule has 0 spiro atoms. The maximum atomic E-state index is 10.5. The molecule has 0 amide bonds. The van der Waals surface area contributed by atoms with Crippen molar-refractivity contribution in [3.63, 3.8) is 0 Å². The summed E-state index contributed by atoms with van der Waals surface area (Å²) in [4.78, 5) is 3.17. The number of fused-ring (bicyclic) bond motifs is 1. The van der Waals surface area contributed by atoms with Crippen molar-refractivity contribution in [2.45, 2.75) is 44.2 Å². The number of benzene rings is 1. The summed E-state index contributed by atoms with van der Waals surface area (Å²) in [6.07, 6.45) is 7.49. The van der Waals surface area contributed by atoms with Crippen LogP contribution >= 0.6 is 0 Å². The molecule has 102 valence electrons. The lowest BCUT2D eigenvalue weighted by molar-refractivity contribution is 0.0618. The molecule has 0 bridgehead atoms. The fourth-order valence-corrected chi connectivity index (χ4v) is 3.25. The molecule has 19 heavy (non-hydrogen) atoms. The van der Waals surface area contributed by atoms with Gasteiger partial charge >= 0.3 is 0 Å². The number of H-pyrrole nitrogens is 1. The predicted octanol–water partition coefficient (Wildman–Crippen LogP) is 3.11. The van der Waals surface area contributed by atoms with E-state index in [2.05, 4.69) is 11.1 Å². The number of nitrogens with two attached hydrogens (primary N) is 1. The Morgan fingerprint density at radius 3 is 2.74 bits per heavy atom. The molecule has 2 aromatic rings. The molecule has 1 fully saturated rings. The highest BCUT2D eigenvalue weighted by atomic mass is 16.3. The van der Waals surface area contributed by atoms with Crippen molar-refractivity contribution in [2.75, 3.05) is 0 Å². The number of aliphatic hydroxyl groups is 1. The molecule has 1 heterocycles. The zero-order valence-electron chi connectivity index (χ0n) is 11.2. The smallest absolute Gasteiger partial charge is 0.0760 e. The Morgan fingerprint density at radius 2 is 1.95 bits per heavy atom. The van der Waals surface area contributed by atoms with Crippen molar-refractivity contribution in [1.82, 2.24) is 4.98 Å². The first-order valence-electron chi connectivity index (χ1n) is 7.26. The van der Waals surface area contributed by atoms with Gasteiger partial charge in [-0.2, -0.15) is 0 Å². The number of nitrogens with one attached hydrogen (secondary N) is 1. The second-order valence-corrected chi connectivity index (χ2v) is 5.74. The molecule has 0 radical (unpaired) electrons. The van der Waals surface area contributed by atoms with Crippen molar-refractivity contribution in [3.8, 4) is 0 Å². The lowest BCUT2D eigenvalue weighted by Gasteiger charge is -2.30. The molecule has 1 aliphatic rings. The molecule has 1 aromatic carbocycles. The average Bonchev–Trinajstić information content (AvgIpc) is 2.94. The molecule has 1 aromatic heterocycles. The zero-order valence-corrected chi connectivity index (χ0v) is 11.2. The quantitative estimate of drug-likeness (QED) is 0.792. The van der Waals surface area contributed by atoms with E-state index in [9.17, 15) is 5.11 Å². The lowest BCUT2D eigenvalue weighted by Crippen LogP contribution is -2.34. The minimum atomic E-state index is -0.420. The van der Waals surface area contributed by atoms with Gasteiger partial charge in [0.05, 0.1) is 12.1 Å². The van der Waals surface area contributed by atoms with Gasteiger partial charge in [-0.3, -0.25) is 0 Å². The molecular formula is C16H22N2O. The van der Waals surface area contributed by atoms with Gasteiger partial charge in [-0.25, -0.2) is 0 Å². The van der Waals surface area contributed by atoms with Crippen molar-refractivity contribution in [1.29, 1.82) is 0 Å². The van der Waals surface area contributed by atoms with E-state index in [1.165, 1.54) is 19.3 Å². The summed E-state index contributed by atoms with van der Waals surface area (Å²) in [7, 11) is 0. The highest BCUT2D eigenvalue weighted by molar-refractivity contribution is 5.80. The third kappa shape index (κ3) is 2.53. The average molecular weight is 258 g/mol. The van der Waals surface area contributed by atoms with Crippen molar-refractivity contribution in [3.05, 3.63) is 36.0 Å². The predicted molar refractivity (Wildman–Crippen MR) is 77.8 cm³/mol. The zero-order chi connectivity index (χ0) is 13.2. The number of hydrogen-bond donors (Lipinski definition) is 3. The summed E-state index contributed by atoms with van der Waals surface area (Å²) in [6, 6.07) is 7.91. The van der Waals surface area contributed by atoms with E-state index in [-0.39, 0.29) is 6.04 Å². The molecule has 1 aliphatic carbocycles. The van der Waals surface area contributed by atoms with Gasteiger partial charge in [0.25, 0.3) is 0 Å². The Hall–Kier alpha value is -1.32. The molecule has 3 rings (SSSR count). The summed E-state index contributed by atoms with van der Waals surface area (Å²) < 4.78 is 0. The number of rotatable bonds is 3. The maximum Gasteiger partial charge on any atom is 0.0760 e. The Morgan fingerprint density at radius 1 is 1.16 bits per heavy atom. The number of hydrogen-bond acceptors (Lipinski definition) is 2. The van der Waals surface area contributed by atoms with E-state index in [4.69, 9.17) is 5.73 Å². The molecule has 4 N–H and O–H groups in total. The van der Waals surface area contributed by atoms with Crippen molar-refractivity contribution < 1.29 is 5.11 Å². The van der Waals surface area contributed by atoms with Crippen LogP contribution in [0.5, 0.6) is 0 Å². The van der Waals surface area contributed by atoms with Gasteiger partial charge in [0.2, 0.25) is 0 Å². The summed E-state index contributed by atoms with van der Waals surface area (Å²) in [6.45, 7) is 0. The van der Waals surface area contributed by atoms with Gasteiger partial charge in [0.1, 0.15) is 0 Å². The third-order valence-corrected chi connectivity index (χ3v) is 4.46. The number of aliphatic hydroxyl groups excluding tert-OH is 1. The maximum absolute atomic E-state index is 10.5. The van der Waals surface area contributed by atoms with E-state index in [1.54, 1.807) is 0 Å². The molecule has 0 saturated heterocycles. The topological polar surface area (TPSA) is 62.0 Å². The summed E-state index contributed by atoms with van der Waals surface area (Å²) in [5, 5.41) is 11.6. The SMILES string of the molecule is N[C@H](c1ccc2[nH]ccc2c1)[C@@H](O)C1CCCCC1. The van der Waals surface area contributed by atoms with Crippen LogP contribution in [0.25, 0.3) is 10.9 Å². The highest BCUT2D eigenvalue weighted by Crippen LogP contribution is 2.32. The van der Waals surface area contributed by atoms with E-state index in [0.29, 0.717) is 5.92 Å². The van der Waals surface area contributed by atoms with Gasteiger partial charge in [-0.05, 0) is 47.9 Å². The first kappa shape index (κ1) is 12.7. The van der Waals surface area contributed by atoms with Crippen molar-refractivity contribution in [2.24, 2.45) is 11.7 Å². The van der Waals surface area contributed by atoms with Crippen LogP contribution in [-0.2, 0) is 0 Å². The first-order chi connectivity index (χ1) is 9.25. The molecular weight excluding hydrogens is 236 g/mol. The first-order valence-corrected chi connectivity index (χ1v) is 7.26. The lowest BCUT2D eigenvalue weighted by atomic mass is 9.81. The summed E-state index contributed by atoms with van der Waals surface area (Å²) in [5.74, 6) is 0.366. The standard InChI is InChI=1S/C16H22N2O/c17-15(16(19)11-4-2-1-3-5-11)13-6-7-14-12(10-13)8-9-18-14/h6-11,15-16,18-19H,1-5,17H2/t15-,16+/m1/s1. The van der Waals surface area contributed by atoms with Crippen LogP contribution in [0.3, 0.4) is 0 Å². The number of aromatic amines is 1. The van der Waals surface area contributed by atoms with Crippen LogP contribution in [0.15, 0.2) is 30.5 Å². The van der Waals surface area contributed by atoms with Crippen molar-refractivity contribution >= 4 is 10.9 Å². The van der Waals surface area contributed by atoms with E-state index in [0.717, 1.165) is 29.3 Å². The highest BCUT2D eigenvalue weighted by Gasteiger charge is 2.27. The third-order valence-electron chi connectivity index (χ3n) is 4.46. The number of aromatic nitrogens is 1. The molecule has 3 heteroatoms. The molecule has 1 saturated carbocycles.